The molecule has 2 rings (SSSR count). The molecule has 1 aromatic carbocycles. The Kier molecular flexibility index (Phi) is 5.88. The van der Waals surface area contributed by atoms with E-state index in [2.05, 4.69) is 15.5 Å². The zero-order valence-electron chi connectivity index (χ0n) is 14.2. The van der Waals surface area contributed by atoms with E-state index in [4.69, 9.17) is 14.4 Å². The van der Waals surface area contributed by atoms with Gasteiger partial charge in [-0.25, -0.2) is 13.6 Å². The number of aromatic nitrogens is 2. The molecule has 25 heavy (non-hydrogen) atoms. The number of sulfonamides is 1. The highest BCUT2D eigenvalue weighted by Gasteiger charge is 2.18. The van der Waals surface area contributed by atoms with Gasteiger partial charge in [-0.2, -0.15) is 4.98 Å². The van der Waals surface area contributed by atoms with Crippen LogP contribution in [0.1, 0.15) is 33.2 Å². The first kappa shape index (κ1) is 19.0. The molecule has 136 valence electrons. The van der Waals surface area contributed by atoms with Gasteiger partial charge in [0, 0.05) is 19.1 Å². The summed E-state index contributed by atoms with van der Waals surface area (Å²) in [7, 11) is -2.35. The number of nitrogens with zero attached hydrogens (tertiary/aromatic N) is 2. The lowest BCUT2D eigenvalue weighted by Crippen LogP contribution is -2.24. The molecule has 0 radical (unpaired) electrons. The molecule has 0 bridgehead atoms. The number of ether oxygens (including phenoxy) is 1. The van der Waals surface area contributed by atoms with E-state index in [1.807, 2.05) is 0 Å². The zero-order valence-corrected chi connectivity index (χ0v) is 15.0. The van der Waals surface area contributed by atoms with Crippen molar-refractivity contribution in [3.05, 3.63) is 40.5 Å². The third kappa shape index (κ3) is 4.84. The fraction of sp³-hybridized carbons (Fsp3) is 0.400. The molecule has 0 fully saturated rings. The Morgan fingerprint density at radius 1 is 1.36 bits per heavy atom. The number of amides is 1. The average Bonchev–Trinajstić information content (AvgIpc) is 2.99. The van der Waals surface area contributed by atoms with Crippen LogP contribution < -0.4 is 10.5 Å². The van der Waals surface area contributed by atoms with E-state index in [0.717, 1.165) is 0 Å². The predicted molar refractivity (Wildman–Crippen MR) is 88.3 cm³/mol. The van der Waals surface area contributed by atoms with Gasteiger partial charge in [-0.05, 0) is 37.1 Å². The van der Waals surface area contributed by atoms with Crippen LogP contribution in [0.4, 0.5) is 0 Å². The van der Waals surface area contributed by atoms with Crippen LogP contribution in [0.15, 0.2) is 21.6 Å². The molecule has 2 aromatic rings. The van der Waals surface area contributed by atoms with E-state index in [1.54, 1.807) is 27.0 Å². The van der Waals surface area contributed by atoms with Crippen molar-refractivity contribution in [2.45, 2.75) is 31.7 Å². The van der Waals surface area contributed by atoms with Crippen LogP contribution in [-0.2, 0) is 27.7 Å². The number of primary sulfonamides is 1. The molecule has 0 aliphatic carbocycles. The molecule has 0 spiro atoms. The van der Waals surface area contributed by atoms with Crippen molar-refractivity contribution in [1.82, 2.24) is 15.5 Å². The fourth-order valence-electron chi connectivity index (χ4n) is 2.17. The van der Waals surface area contributed by atoms with Crippen molar-refractivity contribution in [3.63, 3.8) is 0 Å². The normalized spacial score (nSPS) is 11.5. The van der Waals surface area contributed by atoms with Gasteiger partial charge in [0.15, 0.2) is 5.82 Å². The molecule has 0 unspecified atom stereocenters. The first-order valence-corrected chi connectivity index (χ1v) is 8.99. The Morgan fingerprint density at radius 2 is 2.08 bits per heavy atom. The lowest BCUT2D eigenvalue weighted by molar-refractivity contribution is 0.0946. The lowest BCUT2D eigenvalue weighted by Gasteiger charge is -2.10. The van der Waals surface area contributed by atoms with Crippen molar-refractivity contribution in [3.8, 4) is 0 Å². The summed E-state index contributed by atoms with van der Waals surface area (Å²) in [4.78, 5) is 16.3. The molecule has 0 aliphatic heterocycles. The molecule has 0 aliphatic rings. The molecule has 0 saturated heterocycles. The van der Waals surface area contributed by atoms with E-state index in [1.165, 1.54) is 6.07 Å². The number of rotatable bonds is 7. The van der Waals surface area contributed by atoms with Gasteiger partial charge in [0.2, 0.25) is 15.9 Å². The highest BCUT2D eigenvalue weighted by Crippen LogP contribution is 2.20. The molecular weight excluding hydrogens is 348 g/mol. The van der Waals surface area contributed by atoms with Gasteiger partial charge in [-0.3, -0.25) is 4.79 Å². The van der Waals surface area contributed by atoms with Crippen LogP contribution in [0, 0.1) is 13.8 Å². The maximum absolute atomic E-state index is 12.3. The Bertz CT molecular complexity index is 876. The molecule has 0 atom stereocenters. The second-order valence-electron chi connectivity index (χ2n) is 5.49. The van der Waals surface area contributed by atoms with E-state index in [-0.39, 0.29) is 22.9 Å². The summed E-state index contributed by atoms with van der Waals surface area (Å²) >= 11 is 0. The molecule has 1 heterocycles. The third-order valence-electron chi connectivity index (χ3n) is 3.63. The van der Waals surface area contributed by atoms with E-state index in [0.29, 0.717) is 30.0 Å². The fourth-order valence-corrected chi connectivity index (χ4v) is 3.05. The third-order valence-corrected chi connectivity index (χ3v) is 4.67. The molecule has 1 amide bonds. The minimum absolute atomic E-state index is 0.0243. The number of carbonyl (C=O) groups excluding carboxylic acids is 1. The molecule has 0 saturated carbocycles. The maximum atomic E-state index is 12.3. The number of methoxy groups -OCH3 is 1. The number of aryl methyl sites for hydroxylation is 1. The van der Waals surface area contributed by atoms with Gasteiger partial charge in [0.1, 0.15) is 0 Å². The summed E-state index contributed by atoms with van der Waals surface area (Å²) in [6.07, 6.45) is 0.503. The Hall–Kier alpha value is -2.30. The smallest absolute Gasteiger partial charge is 0.251 e. The Morgan fingerprint density at radius 3 is 2.72 bits per heavy atom. The van der Waals surface area contributed by atoms with Crippen molar-refractivity contribution >= 4 is 15.9 Å². The first-order valence-electron chi connectivity index (χ1n) is 7.45. The van der Waals surface area contributed by atoms with Gasteiger partial charge >= 0.3 is 0 Å². The van der Waals surface area contributed by atoms with Gasteiger partial charge in [-0.1, -0.05) is 5.16 Å². The van der Waals surface area contributed by atoms with Gasteiger partial charge in [0.25, 0.3) is 5.91 Å². The van der Waals surface area contributed by atoms with Crippen LogP contribution in [-0.4, -0.2) is 38.2 Å². The maximum Gasteiger partial charge on any atom is 0.251 e. The van der Waals surface area contributed by atoms with Crippen molar-refractivity contribution < 1.29 is 22.5 Å². The summed E-state index contributed by atoms with van der Waals surface area (Å²) in [6, 6.07) is 2.85. The lowest BCUT2D eigenvalue weighted by atomic mass is 10.1. The Labute approximate surface area is 145 Å². The van der Waals surface area contributed by atoms with E-state index < -0.39 is 15.9 Å². The number of nitrogens with two attached hydrogens (primary N) is 1. The monoisotopic (exact) mass is 368 g/mol. The summed E-state index contributed by atoms with van der Waals surface area (Å²) in [6.45, 7) is 3.83. The molecule has 9 nitrogen and oxygen atoms in total. The highest BCUT2D eigenvalue weighted by molar-refractivity contribution is 7.89. The number of hydrogen-bond donors (Lipinski definition) is 2. The van der Waals surface area contributed by atoms with Crippen molar-refractivity contribution in [2.24, 2.45) is 5.14 Å². The van der Waals surface area contributed by atoms with E-state index >= 15 is 0 Å². The molecule has 10 heteroatoms. The van der Waals surface area contributed by atoms with Crippen LogP contribution >= 0.6 is 0 Å². The van der Waals surface area contributed by atoms with Crippen molar-refractivity contribution in [2.75, 3.05) is 13.7 Å². The average molecular weight is 368 g/mol. The Balaban J connectivity index is 2.11. The first-order chi connectivity index (χ1) is 11.7. The number of hydrogen-bond acceptors (Lipinski definition) is 7. The molecule has 1 aromatic heterocycles. The molecule has 3 N–H and O–H groups in total. The number of nitrogens with one attached hydrogen (secondary N) is 1. The van der Waals surface area contributed by atoms with Crippen LogP contribution in [0.3, 0.4) is 0 Å². The second-order valence-corrected chi connectivity index (χ2v) is 7.02. The van der Waals surface area contributed by atoms with Gasteiger partial charge < -0.3 is 14.6 Å². The number of carbonyl (C=O) groups is 1. The van der Waals surface area contributed by atoms with Gasteiger partial charge in [-0.15, -0.1) is 0 Å². The van der Waals surface area contributed by atoms with Crippen LogP contribution in [0.25, 0.3) is 0 Å². The summed E-state index contributed by atoms with van der Waals surface area (Å²) in [5.74, 6) is 0.258. The molecular formula is C15H20N4O5S. The highest BCUT2D eigenvalue weighted by atomic mass is 32.2. The minimum atomic E-state index is -3.92. The standard InChI is InChI=1S/C15H20N4O5S/c1-9-6-11(7-12(10(9)2)25(16,21)22)15(20)17-8-14-18-13(19-24-14)4-5-23-3/h6-7H,4-5,8H2,1-3H3,(H,17,20)(H2,16,21,22). The quantitative estimate of drug-likeness (QED) is 0.724. The zero-order chi connectivity index (χ0) is 18.6. The van der Waals surface area contributed by atoms with E-state index in [9.17, 15) is 13.2 Å². The topological polar surface area (TPSA) is 137 Å². The SMILES string of the molecule is COCCc1noc(CNC(=O)c2cc(C)c(C)c(S(N)(=O)=O)c2)n1. The van der Waals surface area contributed by atoms with Crippen LogP contribution in [0.5, 0.6) is 0 Å². The van der Waals surface area contributed by atoms with Gasteiger partial charge in [0.05, 0.1) is 18.0 Å². The summed E-state index contributed by atoms with van der Waals surface area (Å²) in [5, 5.41) is 11.6. The largest absolute Gasteiger partial charge is 0.384 e. The predicted octanol–water partition coefficient (Wildman–Crippen LogP) is 0.453. The number of benzene rings is 1. The summed E-state index contributed by atoms with van der Waals surface area (Å²) < 4.78 is 33.2. The summed E-state index contributed by atoms with van der Waals surface area (Å²) in [5.41, 5.74) is 1.35. The van der Waals surface area contributed by atoms with Crippen LogP contribution in [0.2, 0.25) is 0 Å². The minimum Gasteiger partial charge on any atom is -0.384 e. The second kappa shape index (κ2) is 7.72. The van der Waals surface area contributed by atoms with Crippen molar-refractivity contribution in [1.29, 1.82) is 0 Å².